The third-order valence-corrected chi connectivity index (χ3v) is 15.3. The van der Waals surface area contributed by atoms with Crippen LogP contribution in [0.5, 0.6) is 5.75 Å². The molecule has 0 spiro atoms. The number of nitrogens with one attached hydrogen (secondary N) is 4. The number of carboxylic acids is 2. The number of anilines is 1. The summed E-state index contributed by atoms with van der Waals surface area (Å²) >= 11 is 0. The summed E-state index contributed by atoms with van der Waals surface area (Å²) in [4.78, 5) is 106. The zero-order valence-corrected chi connectivity index (χ0v) is 45.4. The standard InChI is InChI=1S/C54H64FN7O22/c1-4-54(79)27-16-32-37-25(18-62(32)48(72)26(27)20-80-52(54)77)22(3)36-24(21(2)28(55)17-31(36)60-37)7-6-13-58-53(78)81-19-23-10-11-33(82-51-43(70)39(66)41(68)45(84-51)50(75)76)30(15-23)59-35(64)12-14-57-46(71)29(56)8-5-9-34(63)61-47-42(69)38(65)40(67)44(83-47)49(73)74/h10-11,15-17,29,38-45,47,51,65-70,79H,4-9,12-14,18-20,56H2,1-3H3,(H,57,71)(H,58,78)(H,59,64)(H,61,63)(H,73,74)(H,75,76)/t29-,38-,39-,40-,41-,42+,43+,44-,45-,47-,51+,54-/m0/s1. The Hall–Kier alpha value is -7.78. The minimum atomic E-state index is -2.05. The summed E-state index contributed by atoms with van der Waals surface area (Å²) in [6.07, 6.45) is -20.5. The normalized spacial score (nSPS) is 25.5. The van der Waals surface area contributed by atoms with E-state index in [1.165, 1.54) is 28.8 Å². The van der Waals surface area contributed by atoms with Gasteiger partial charge in [0.1, 0.15) is 61.4 Å². The zero-order chi connectivity index (χ0) is 61.2. The molecule has 4 aromatic rings. The fourth-order valence-corrected chi connectivity index (χ4v) is 10.4. The van der Waals surface area contributed by atoms with Crippen LogP contribution in [0.3, 0.4) is 0 Å². The van der Waals surface area contributed by atoms with E-state index in [4.69, 9.17) is 34.4 Å². The number of carbonyl (C=O) groups is 7. The van der Waals surface area contributed by atoms with Gasteiger partial charge in [0.05, 0.1) is 40.7 Å². The smallest absolute Gasteiger partial charge is 0.407 e. The number of ether oxygens (including phenoxy) is 5. The van der Waals surface area contributed by atoms with Gasteiger partial charge in [-0.1, -0.05) is 13.0 Å². The molecule has 12 atom stereocenters. The maximum absolute atomic E-state index is 15.6. The highest BCUT2D eigenvalue weighted by Crippen LogP contribution is 2.42. The molecule has 0 saturated carbocycles. The lowest BCUT2D eigenvalue weighted by Gasteiger charge is -2.38. The Morgan fingerprint density at radius 3 is 2.23 bits per heavy atom. The summed E-state index contributed by atoms with van der Waals surface area (Å²) in [5.41, 5.74) is 7.38. The molecule has 454 valence electrons. The fourth-order valence-electron chi connectivity index (χ4n) is 10.4. The minimum Gasteiger partial charge on any atom is -0.479 e. The number of nitrogens with two attached hydrogens (primary N) is 1. The van der Waals surface area contributed by atoms with Crippen molar-refractivity contribution < 1.29 is 108 Å². The van der Waals surface area contributed by atoms with E-state index < -0.39 is 139 Å². The lowest BCUT2D eigenvalue weighted by atomic mass is 9.86. The van der Waals surface area contributed by atoms with Gasteiger partial charge >= 0.3 is 24.0 Å². The van der Waals surface area contributed by atoms with Crippen molar-refractivity contribution in [1.29, 1.82) is 0 Å². The highest BCUT2D eigenvalue weighted by Gasteiger charge is 2.50. The third kappa shape index (κ3) is 12.7. The maximum Gasteiger partial charge on any atom is 0.407 e. The SMILES string of the molecule is CC[C@@]1(O)C(=O)OCc2c1cc1n(c2=O)Cc2c-1nc1cc(F)c(C)c(CCCNC(=O)OCc3ccc(O[C@@H]4O[C@H](C(=O)O)[C@@H](O)[C@H](O)[C@H]4O)c(NC(=O)CCNC(=O)[C@@H](N)CCCC(=O)N[C@H]4O[C@H](C(=O)O)[C@@H](O)[C@H](O)[C@H]4O)c3)c1c2C. The van der Waals surface area contributed by atoms with Gasteiger partial charge in [0, 0.05) is 48.5 Å². The van der Waals surface area contributed by atoms with Gasteiger partial charge in [-0.3, -0.25) is 19.2 Å². The van der Waals surface area contributed by atoms with Gasteiger partial charge in [0.15, 0.2) is 24.0 Å². The lowest BCUT2D eigenvalue weighted by molar-refractivity contribution is -0.271. The van der Waals surface area contributed by atoms with Crippen molar-refractivity contribution in [2.75, 3.05) is 18.4 Å². The highest BCUT2D eigenvalue weighted by atomic mass is 19.1. The summed E-state index contributed by atoms with van der Waals surface area (Å²) < 4.78 is 43.7. The van der Waals surface area contributed by atoms with Gasteiger partial charge in [-0.15, -0.1) is 0 Å². The molecule has 2 aromatic heterocycles. The molecule has 15 N–H and O–H groups in total. The van der Waals surface area contributed by atoms with Crippen molar-refractivity contribution in [1.82, 2.24) is 25.5 Å². The monoisotopic (exact) mass is 1180 g/mol. The fraction of sp³-hybridized carbons (Fsp3) is 0.500. The quantitative estimate of drug-likeness (QED) is 0.0277. The van der Waals surface area contributed by atoms with Crippen LogP contribution in [-0.2, 0) is 79.5 Å². The number of amides is 4. The number of fused-ring (bicyclic) bond motifs is 5. The van der Waals surface area contributed by atoms with E-state index in [-0.39, 0.29) is 86.5 Å². The van der Waals surface area contributed by atoms with Crippen LogP contribution >= 0.6 is 0 Å². The number of alkyl carbamates (subject to hydrolysis) is 1. The van der Waals surface area contributed by atoms with Gasteiger partial charge in [-0.05, 0) is 86.4 Å². The van der Waals surface area contributed by atoms with Crippen LogP contribution in [0.15, 0.2) is 35.1 Å². The second-order valence-corrected chi connectivity index (χ2v) is 20.8. The topological polar surface area (TPSA) is 457 Å². The Morgan fingerprint density at radius 1 is 0.845 bits per heavy atom. The molecule has 29 nitrogen and oxygen atoms in total. The zero-order valence-electron chi connectivity index (χ0n) is 45.4. The average Bonchev–Trinajstić information content (AvgIpc) is 1.86. The number of rotatable bonds is 21. The molecule has 2 aromatic carbocycles. The average molecular weight is 1180 g/mol. The number of aryl methyl sites for hydroxylation is 2. The molecule has 4 aliphatic heterocycles. The summed E-state index contributed by atoms with van der Waals surface area (Å²) in [6, 6.07) is 5.60. The number of nitrogens with zero attached hydrogens (tertiary/aromatic N) is 2. The van der Waals surface area contributed by atoms with Crippen LogP contribution in [0.1, 0.15) is 84.4 Å². The van der Waals surface area contributed by atoms with Crippen LogP contribution in [0.2, 0.25) is 0 Å². The first-order chi connectivity index (χ1) is 39.7. The van der Waals surface area contributed by atoms with Gasteiger partial charge in [0.25, 0.3) is 5.56 Å². The maximum atomic E-state index is 15.6. The number of aliphatic hydroxyl groups is 7. The molecule has 2 fully saturated rings. The van der Waals surface area contributed by atoms with Crippen molar-refractivity contribution in [3.8, 4) is 17.1 Å². The molecule has 8 rings (SSSR count). The van der Waals surface area contributed by atoms with E-state index in [0.29, 0.717) is 45.4 Å². The summed E-state index contributed by atoms with van der Waals surface area (Å²) in [5, 5.41) is 102. The van der Waals surface area contributed by atoms with Crippen molar-refractivity contribution >= 4 is 58.3 Å². The first-order valence-corrected chi connectivity index (χ1v) is 26.7. The van der Waals surface area contributed by atoms with Crippen molar-refractivity contribution in [2.24, 2.45) is 5.73 Å². The van der Waals surface area contributed by atoms with Crippen LogP contribution < -0.4 is 37.3 Å². The molecule has 4 aliphatic rings. The number of hydrogen-bond acceptors (Lipinski definition) is 22. The Bertz CT molecular complexity index is 3330. The molecule has 6 heterocycles. The second kappa shape index (κ2) is 25.6. The molecule has 0 unspecified atom stereocenters. The number of carbonyl (C=O) groups excluding carboxylic acids is 5. The number of aliphatic hydroxyl groups excluding tert-OH is 6. The van der Waals surface area contributed by atoms with E-state index in [1.54, 1.807) is 19.9 Å². The number of halogens is 1. The number of benzene rings is 2. The molecular weight excluding hydrogens is 1120 g/mol. The molecule has 30 heteroatoms. The summed E-state index contributed by atoms with van der Waals surface area (Å²) in [5.74, 6) is -7.24. The van der Waals surface area contributed by atoms with Gasteiger partial charge in [-0.25, -0.2) is 28.6 Å². The Kier molecular flexibility index (Phi) is 19.0. The summed E-state index contributed by atoms with van der Waals surface area (Å²) in [6.45, 7) is 4.23. The van der Waals surface area contributed by atoms with E-state index in [1.807, 2.05) is 6.92 Å². The number of hydrogen-bond donors (Lipinski definition) is 14. The van der Waals surface area contributed by atoms with Gasteiger partial charge in [-0.2, -0.15) is 0 Å². The van der Waals surface area contributed by atoms with E-state index in [2.05, 4.69) is 21.3 Å². The number of esters is 1. The molecule has 2 saturated heterocycles. The van der Waals surface area contributed by atoms with Gasteiger partial charge in [0.2, 0.25) is 24.0 Å². The third-order valence-electron chi connectivity index (χ3n) is 15.3. The Balaban J connectivity index is 0.868. The van der Waals surface area contributed by atoms with Crippen molar-refractivity contribution in [2.45, 2.75) is 158 Å². The first kappa shape index (κ1) is 62.3. The van der Waals surface area contributed by atoms with Crippen LogP contribution in [0.4, 0.5) is 14.9 Å². The molecule has 0 aliphatic carbocycles. The number of cyclic esters (lactones) is 1. The lowest BCUT2D eigenvalue weighted by Crippen LogP contribution is -2.64. The van der Waals surface area contributed by atoms with Crippen LogP contribution in [-0.4, -0.2) is 178 Å². The summed E-state index contributed by atoms with van der Waals surface area (Å²) in [7, 11) is 0. The van der Waals surface area contributed by atoms with Gasteiger partial charge < -0.3 is 101 Å². The predicted octanol–water partition coefficient (Wildman–Crippen LogP) is -2.08. The second-order valence-electron chi connectivity index (χ2n) is 20.8. The molecular formula is C54H64FN7O22. The Labute approximate surface area is 475 Å². The van der Waals surface area contributed by atoms with Crippen molar-refractivity contribution in [3.05, 3.63) is 85.4 Å². The molecule has 0 bridgehead atoms. The molecule has 0 radical (unpaired) electrons. The minimum absolute atomic E-state index is 0.000802. The van der Waals surface area contributed by atoms with E-state index in [9.17, 15) is 84.3 Å². The predicted molar refractivity (Wildman–Crippen MR) is 282 cm³/mol. The Morgan fingerprint density at radius 2 is 1.54 bits per heavy atom. The van der Waals surface area contributed by atoms with Crippen molar-refractivity contribution in [3.63, 3.8) is 0 Å². The van der Waals surface area contributed by atoms with Crippen LogP contribution in [0.25, 0.3) is 22.3 Å². The number of pyridine rings is 2. The number of aliphatic carboxylic acids is 2. The van der Waals surface area contributed by atoms with E-state index in [0.717, 1.165) is 5.56 Å². The largest absolute Gasteiger partial charge is 0.479 e. The van der Waals surface area contributed by atoms with Crippen LogP contribution in [0, 0.1) is 19.7 Å². The van der Waals surface area contributed by atoms with E-state index >= 15 is 4.39 Å². The highest BCUT2D eigenvalue weighted by molar-refractivity contribution is 5.94. The molecule has 84 heavy (non-hydrogen) atoms. The molecule has 4 amide bonds. The first-order valence-electron chi connectivity index (χ1n) is 26.7. The number of carboxylic acid groups (broad SMARTS) is 2. The number of aromatic nitrogens is 2.